The fourth-order valence-corrected chi connectivity index (χ4v) is 2.56. The van der Waals surface area contributed by atoms with Gasteiger partial charge in [-0.25, -0.2) is 8.78 Å². The lowest BCUT2D eigenvalue weighted by Gasteiger charge is -2.22. The van der Waals surface area contributed by atoms with Crippen molar-refractivity contribution in [2.75, 3.05) is 13.1 Å². The molecule has 110 valence electrons. The van der Waals surface area contributed by atoms with Gasteiger partial charge in [0.25, 0.3) is 0 Å². The summed E-state index contributed by atoms with van der Waals surface area (Å²) in [6.07, 6.45) is 0.510. The molecule has 1 fully saturated rings. The van der Waals surface area contributed by atoms with Gasteiger partial charge in [0.15, 0.2) is 0 Å². The van der Waals surface area contributed by atoms with E-state index in [4.69, 9.17) is 5.73 Å². The van der Waals surface area contributed by atoms with Crippen LogP contribution in [-0.4, -0.2) is 23.9 Å². The van der Waals surface area contributed by atoms with E-state index in [1.165, 1.54) is 0 Å². The fraction of sp³-hybridized carbons (Fsp3) is 0.533. The molecule has 1 saturated heterocycles. The maximum absolute atomic E-state index is 13.6. The zero-order valence-electron chi connectivity index (χ0n) is 11.8. The molecular weight excluding hydrogens is 262 g/mol. The van der Waals surface area contributed by atoms with Crippen LogP contribution in [-0.2, 0) is 4.79 Å². The molecule has 1 heterocycles. The smallest absolute Gasteiger partial charge is 0.222 e. The summed E-state index contributed by atoms with van der Waals surface area (Å²) in [4.78, 5) is 13.6. The Morgan fingerprint density at radius 3 is 2.70 bits per heavy atom. The number of hydrogen-bond acceptors (Lipinski definition) is 2. The molecule has 1 aliphatic heterocycles. The topological polar surface area (TPSA) is 46.3 Å². The molecule has 0 saturated carbocycles. The SMILES string of the molecule is CC(C)C1CC(=O)N(CC(N)c2cc(F)ccc2F)C1. The predicted octanol–water partition coefficient (Wildman–Crippen LogP) is 2.47. The highest BCUT2D eigenvalue weighted by atomic mass is 19.1. The monoisotopic (exact) mass is 282 g/mol. The van der Waals surface area contributed by atoms with Crippen molar-refractivity contribution >= 4 is 5.91 Å². The summed E-state index contributed by atoms with van der Waals surface area (Å²) < 4.78 is 26.8. The first kappa shape index (κ1) is 14.9. The van der Waals surface area contributed by atoms with Crippen LogP contribution in [0.3, 0.4) is 0 Å². The van der Waals surface area contributed by atoms with Crippen LogP contribution in [0.15, 0.2) is 18.2 Å². The molecule has 20 heavy (non-hydrogen) atoms. The average Bonchev–Trinajstić information content (AvgIpc) is 2.74. The number of carbonyl (C=O) groups is 1. The molecule has 1 amide bonds. The average molecular weight is 282 g/mol. The van der Waals surface area contributed by atoms with E-state index >= 15 is 0 Å². The molecule has 0 radical (unpaired) electrons. The lowest BCUT2D eigenvalue weighted by Crippen LogP contribution is -2.34. The number of likely N-dealkylation sites (tertiary alicyclic amines) is 1. The van der Waals surface area contributed by atoms with Gasteiger partial charge in [-0.15, -0.1) is 0 Å². The third kappa shape index (κ3) is 3.15. The third-order valence-corrected chi connectivity index (χ3v) is 3.96. The van der Waals surface area contributed by atoms with Gasteiger partial charge < -0.3 is 10.6 Å². The maximum atomic E-state index is 13.6. The normalized spacial score (nSPS) is 20.8. The highest BCUT2D eigenvalue weighted by Crippen LogP contribution is 2.26. The maximum Gasteiger partial charge on any atom is 0.222 e. The quantitative estimate of drug-likeness (QED) is 0.922. The Kier molecular flexibility index (Phi) is 4.38. The first-order valence-corrected chi connectivity index (χ1v) is 6.86. The van der Waals surface area contributed by atoms with Gasteiger partial charge in [-0.05, 0) is 30.0 Å². The molecule has 2 N–H and O–H groups in total. The Morgan fingerprint density at radius 2 is 2.10 bits per heavy atom. The molecular formula is C15H20F2N2O. The van der Waals surface area contributed by atoms with Crippen LogP contribution in [0.25, 0.3) is 0 Å². The van der Waals surface area contributed by atoms with Gasteiger partial charge in [0.2, 0.25) is 5.91 Å². The van der Waals surface area contributed by atoms with Gasteiger partial charge >= 0.3 is 0 Å². The van der Waals surface area contributed by atoms with Crippen LogP contribution < -0.4 is 5.73 Å². The van der Waals surface area contributed by atoms with Crippen molar-refractivity contribution in [3.05, 3.63) is 35.4 Å². The van der Waals surface area contributed by atoms with Crippen molar-refractivity contribution in [1.29, 1.82) is 0 Å². The molecule has 2 rings (SSSR count). The molecule has 1 aromatic carbocycles. The summed E-state index contributed by atoms with van der Waals surface area (Å²) in [6.45, 7) is 5.02. The van der Waals surface area contributed by atoms with Crippen molar-refractivity contribution in [3.63, 3.8) is 0 Å². The van der Waals surface area contributed by atoms with Crippen molar-refractivity contribution in [2.45, 2.75) is 26.3 Å². The van der Waals surface area contributed by atoms with Crippen molar-refractivity contribution < 1.29 is 13.6 Å². The summed E-state index contributed by atoms with van der Waals surface area (Å²) in [7, 11) is 0. The first-order valence-electron chi connectivity index (χ1n) is 6.86. The number of hydrogen-bond donors (Lipinski definition) is 1. The second-order valence-electron chi connectivity index (χ2n) is 5.78. The van der Waals surface area contributed by atoms with Crippen LogP contribution in [0.1, 0.15) is 31.9 Å². The molecule has 1 aliphatic rings. The van der Waals surface area contributed by atoms with Crippen molar-refractivity contribution in [3.8, 4) is 0 Å². The van der Waals surface area contributed by atoms with E-state index < -0.39 is 17.7 Å². The summed E-state index contributed by atoms with van der Waals surface area (Å²) in [5.74, 6) is -0.287. The number of nitrogens with zero attached hydrogens (tertiary/aromatic N) is 1. The molecule has 1 aromatic rings. The van der Waals surface area contributed by atoms with Crippen LogP contribution in [0.5, 0.6) is 0 Å². The van der Waals surface area contributed by atoms with Crippen LogP contribution in [0, 0.1) is 23.5 Å². The molecule has 3 nitrogen and oxygen atoms in total. The summed E-state index contributed by atoms with van der Waals surface area (Å²) in [5, 5.41) is 0. The molecule has 0 aliphatic carbocycles. The summed E-state index contributed by atoms with van der Waals surface area (Å²) in [5.41, 5.74) is 6.04. The Balaban J connectivity index is 2.06. The third-order valence-electron chi connectivity index (χ3n) is 3.96. The van der Waals surface area contributed by atoms with E-state index in [9.17, 15) is 13.6 Å². The highest BCUT2D eigenvalue weighted by molar-refractivity contribution is 5.78. The molecule has 2 unspecified atom stereocenters. The minimum atomic E-state index is -0.708. The highest BCUT2D eigenvalue weighted by Gasteiger charge is 2.32. The fourth-order valence-electron chi connectivity index (χ4n) is 2.56. The summed E-state index contributed by atoms with van der Waals surface area (Å²) in [6, 6.07) is 2.51. The van der Waals surface area contributed by atoms with Crippen LogP contribution in [0.2, 0.25) is 0 Å². The zero-order chi connectivity index (χ0) is 14.9. The second-order valence-corrected chi connectivity index (χ2v) is 5.78. The van der Waals surface area contributed by atoms with E-state index in [0.29, 0.717) is 24.8 Å². The number of nitrogens with two attached hydrogens (primary N) is 1. The number of halogens is 2. The van der Waals surface area contributed by atoms with Gasteiger partial charge in [0.05, 0.1) is 6.04 Å². The van der Waals surface area contributed by atoms with E-state index in [-0.39, 0.29) is 18.0 Å². The largest absolute Gasteiger partial charge is 0.340 e. The van der Waals surface area contributed by atoms with E-state index in [2.05, 4.69) is 13.8 Å². The molecule has 5 heteroatoms. The zero-order valence-corrected chi connectivity index (χ0v) is 11.8. The molecule has 2 atom stereocenters. The lowest BCUT2D eigenvalue weighted by molar-refractivity contribution is -0.128. The minimum Gasteiger partial charge on any atom is -0.340 e. The molecule has 0 spiro atoms. The van der Waals surface area contributed by atoms with E-state index in [0.717, 1.165) is 18.2 Å². The summed E-state index contributed by atoms with van der Waals surface area (Å²) >= 11 is 0. The number of rotatable bonds is 4. The standard InChI is InChI=1S/C15H20F2N2O/c1-9(2)10-5-15(20)19(7-10)8-14(18)12-6-11(16)3-4-13(12)17/h3-4,6,9-10,14H,5,7-8,18H2,1-2H3. The number of benzene rings is 1. The van der Waals surface area contributed by atoms with Gasteiger partial charge in [-0.2, -0.15) is 0 Å². The lowest BCUT2D eigenvalue weighted by atomic mass is 9.95. The Labute approximate surface area is 117 Å². The van der Waals surface area contributed by atoms with Gasteiger partial charge in [-0.1, -0.05) is 13.8 Å². The van der Waals surface area contributed by atoms with E-state index in [1.54, 1.807) is 4.90 Å². The second kappa shape index (κ2) is 5.87. The van der Waals surface area contributed by atoms with Gasteiger partial charge in [0.1, 0.15) is 11.6 Å². The number of carbonyl (C=O) groups excluding carboxylic acids is 1. The Hall–Kier alpha value is -1.49. The van der Waals surface area contributed by atoms with Crippen LogP contribution >= 0.6 is 0 Å². The molecule has 0 bridgehead atoms. The van der Waals surface area contributed by atoms with Gasteiger partial charge in [0, 0.05) is 25.1 Å². The van der Waals surface area contributed by atoms with Crippen LogP contribution in [0.4, 0.5) is 8.78 Å². The predicted molar refractivity (Wildman–Crippen MR) is 72.8 cm³/mol. The van der Waals surface area contributed by atoms with Crippen molar-refractivity contribution in [1.82, 2.24) is 4.90 Å². The minimum absolute atomic E-state index is 0.0379. The van der Waals surface area contributed by atoms with E-state index in [1.807, 2.05) is 0 Å². The Morgan fingerprint density at radius 1 is 1.40 bits per heavy atom. The van der Waals surface area contributed by atoms with Gasteiger partial charge in [-0.3, -0.25) is 4.79 Å². The Bertz CT molecular complexity index is 505. The number of amides is 1. The van der Waals surface area contributed by atoms with Crippen molar-refractivity contribution in [2.24, 2.45) is 17.6 Å². The first-order chi connectivity index (χ1) is 9.38. The molecule has 0 aromatic heterocycles.